The second-order valence-electron chi connectivity index (χ2n) is 8.02. The zero-order valence-corrected chi connectivity index (χ0v) is 20.5. The number of nitrogens with zero attached hydrogens (tertiary/aromatic N) is 5. The molecule has 9 nitrogen and oxygen atoms in total. The van der Waals surface area contributed by atoms with Gasteiger partial charge >= 0.3 is 5.97 Å². The summed E-state index contributed by atoms with van der Waals surface area (Å²) >= 11 is 1.21. The van der Waals surface area contributed by atoms with Gasteiger partial charge in [-0.05, 0) is 43.3 Å². The van der Waals surface area contributed by atoms with E-state index in [1.165, 1.54) is 23.9 Å². The molecule has 5 rings (SSSR count). The molecule has 0 amide bonds. The van der Waals surface area contributed by atoms with Gasteiger partial charge in [0, 0.05) is 23.3 Å². The van der Waals surface area contributed by atoms with E-state index in [0.29, 0.717) is 12.1 Å². The van der Waals surface area contributed by atoms with Crippen molar-refractivity contribution in [3.05, 3.63) is 100 Å². The third-order valence-corrected chi connectivity index (χ3v) is 7.18. The molecule has 2 aliphatic rings. The van der Waals surface area contributed by atoms with Gasteiger partial charge in [0.05, 0.1) is 28.6 Å². The Balaban J connectivity index is 1.80. The molecule has 0 N–H and O–H groups in total. The summed E-state index contributed by atoms with van der Waals surface area (Å²) < 4.78 is 5.30. The van der Waals surface area contributed by atoms with E-state index in [0.717, 1.165) is 22.5 Å². The Hall–Kier alpha value is -4.18. The first-order valence-electron chi connectivity index (χ1n) is 11.5. The molecule has 0 aliphatic carbocycles. The molecule has 0 saturated heterocycles. The van der Waals surface area contributed by atoms with E-state index < -0.39 is 15.9 Å². The SMILES string of the molecule is CCOC(=O)C1=NN(c2cccc([N+](=O)[O-])c2)[C@@]2(S1)c1ccccc1C(CC)=NN2c1ccccc1. The first-order valence-corrected chi connectivity index (χ1v) is 12.3. The summed E-state index contributed by atoms with van der Waals surface area (Å²) in [6, 6.07) is 23.7. The van der Waals surface area contributed by atoms with Crippen molar-refractivity contribution in [2.75, 3.05) is 16.6 Å². The second kappa shape index (κ2) is 9.46. The van der Waals surface area contributed by atoms with Gasteiger partial charge in [0.15, 0.2) is 0 Å². The van der Waals surface area contributed by atoms with Gasteiger partial charge in [-0.25, -0.2) is 14.8 Å². The molecule has 36 heavy (non-hydrogen) atoms. The quantitative estimate of drug-likeness (QED) is 0.251. The number of thioether (sulfide) groups is 1. The van der Waals surface area contributed by atoms with Crippen molar-refractivity contribution in [1.82, 2.24) is 0 Å². The van der Waals surface area contributed by atoms with Crippen LogP contribution in [0, 0.1) is 10.1 Å². The number of fused-ring (bicyclic) bond motifs is 2. The van der Waals surface area contributed by atoms with Gasteiger partial charge in [-0.2, -0.15) is 10.2 Å². The number of hydrogen-bond donors (Lipinski definition) is 0. The maximum atomic E-state index is 12.9. The molecule has 1 spiro atoms. The minimum Gasteiger partial charge on any atom is -0.461 e. The van der Waals surface area contributed by atoms with Crippen LogP contribution in [0.15, 0.2) is 89.1 Å². The zero-order valence-electron chi connectivity index (χ0n) is 19.7. The summed E-state index contributed by atoms with van der Waals surface area (Å²) in [6.07, 6.45) is 0.684. The highest BCUT2D eigenvalue weighted by Gasteiger charge is 2.56. The number of carbonyl (C=O) groups excluding carboxylic acids is 1. The molecule has 0 saturated carbocycles. The van der Waals surface area contributed by atoms with Crippen LogP contribution < -0.4 is 10.0 Å². The number of hydrazone groups is 2. The van der Waals surface area contributed by atoms with Gasteiger partial charge in [-0.15, -0.1) is 0 Å². The van der Waals surface area contributed by atoms with Crippen LogP contribution in [0.5, 0.6) is 0 Å². The van der Waals surface area contributed by atoms with E-state index in [9.17, 15) is 14.9 Å². The van der Waals surface area contributed by atoms with Crippen LogP contribution in [0.4, 0.5) is 17.1 Å². The fourth-order valence-electron chi connectivity index (χ4n) is 4.34. The van der Waals surface area contributed by atoms with Crippen LogP contribution in [0.3, 0.4) is 0 Å². The lowest BCUT2D eigenvalue weighted by Gasteiger charge is -2.47. The molecule has 2 heterocycles. The molecule has 0 unspecified atom stereocenters. The molecular formula is C26H23N5O4S. The highest BCUT2D eigenvalue weighted by Crippen LogP contribution is 2.55. The Bertz CT molecular complexity index is 1390. The van der Waals surface area contributed by atoms with Crippen LogP contribution in [0.2, 0.25) is 0 Å². The minimum atomic E-state index is -1.17. The van der Waals surface area contributed by atoms with Crippen molar-refractivity contribution < 1.29 is 14.5 Å². The van der Waals surface area contributed by atoms with Gasteiger partial charge in [0.1, 0.15) is 0 Å². The third kappa shape index (κ3) is 3.79. The van der Waals surface area contributed by atoms with E-state index in [-0.39, 0.29) is 17.3 Å². The molecule has 3 aromatic rings. The number of non-ortho nitro benzene ring substituents is 1. The molecule has 10 heteroatoms. The minimum absolute atomic E-state index is 0.0828. The van der Waals surface area contributed by atoms with Crippen LogP contribution in [0.25, 0.3) is 0 Å². The molecule has 0 aromatic heterocycles. The topological polar surface area (TPSA) is 101 Å². The van der Waals surface area contributed by atoms with E-state index in [1.807, 2.05) is 66.5 Å². The number of nitro groups is 1. The molecule has 182 valence electrons. The van der Waals surface area contributed by atoms with Gasteiger partial charge in [-0.3, -0.25) is 10.1 Å². The fraction of sp³-hybridized carbons (Fsp3) is 0.192. The van der Waals surface area contributed by atoms with Crippen molar-refractivity contribution in [3.8, 4) is 0 Å². The fourth-order valence-corrected chi connectivity index (χ4v) is 5.63. The first-order chi connectivity index (χ1) is 17.5. The number of para-hydroxylation sites is 1. The number of carbonyl (C=O) groups is 1. The molecule has 0 fully saturated rings. The van der Waals surface area contributed by atoms with Gasteiger partial charge in [-0.1, -0.05) is 55.5 Å². The number of hydrogen-bond acceptors (Lipinski definition) is 9. The number of esters is 1. The lowest BCUT2D eigenvalue weighted by molar-refractivity contribution is -0.384. The largest absolute Gasteiger partial charge is 0.461 e. The molecule has 0 radical (unpaired) electrons. The molecular weight excluding hydrogens is 478 g/mol. The highest BCUT2D eigenvalue weighted by atomic mass is 32.2. The van der Waals surface area contributed by atoms with Crippen molar-refractivity contribution >= 4 is 45.5 Å². The van der Waals surface area contributed by atoms with Crippen LogP contribution in [0.1, 0.15) is 31.4 Å². The Morgan fingerprint density at radius 1 is 0.972 bits per heavy atom. The lowest BCUT2D eigenvalue weighted by Crippen LogP contribution is -2.54. The van der Waals surface area contributed by atoms with Gasteiger partial charge in [0.2, 0.25) is 10.0 Å². The lowest BCUT2D eigenvalue weighted by atomic mass is 9.96. The summed E-state index contributed by atoms with van der Waals surface area (Å²) in [7, 11) is 0. The monoisotopic (exact) mass is 501 g/mol. The smallest absolute Gasteiger partial charge is 0.365 e. The summed E-state index contributed by atoms with van der Waals surface area (Å²) in [5.41, 5.74) is 3.81. The third-order valence-electron chi connectivity index (χ3n) is 5.88. The molecule has 3 aromatic carbocycles. The zero-order chi connectivity index (χ0) is 25.3. The average Bonchev–Trinajstić information content (AvgIpc) is 3.31. The predicted molar refractivity (Wildman–Crippen MR) is 141 cm³/mol. The summed E-state index contributed by atoms with van der Waals surface area (Å²) in [6.45, 7) is 3.97. The Morgan fingerprint density at radius 2 is 1.67 bits per heavy atom. The number of rotatable bonds is 6. The Kier molecular flexibility index (Phi) is 6.19. The second-order valence-corrected chi connectivity index (χ2v) is 9.18. The van der Waals surface area contributed by atoms with E-state index in [4.69, 9.17) is 9.84 Å². The molecule has 1 atom stereocenters. The van der Waals surface area contributed by atoms with E-state index >= 15 is 0 Å². The Morgan fingerprint density at radius 3 is 2.39 bits per heavy atom. The van der Waals surface area contributed by atoms with Crippen molar-refractivity contribution in [2.24, 2.45) is 10.2 Å². The van der Waals surface area contributed by atoms with Crippen LogP contribution >= 0.6 is 11.8 Å². The van der Waals surface area contributed by atoms with Crippen molar-refractivity contribution in [2.45, 2.75) is 25.3 Å². The summed E-state index contributed by atoms with van der Waals surface area (Å²) in [4.78, 5) is 22.9. The summed E-state index contributed by atoms with van der Waals surface area (Å²) in [5, 5.41) is 24.9. The van der Waals surface area contributed by atoms with Crippen molar-refractivity contribution in [3.63, 3.8) is 0 Å². The Labute approximate surface area is 212 Å². The van der Waals surface area contributed by atoms with E-state index in [2.05, 4.69) is 5.10 Å². The highest BCUT2D eigenvalue weighted by molar-refractivity contribution is 8.16. The maximum absolute atomic E-state index is 12.9. The normalized spacial score (nSPS) is 18.5. The number of benzene rings is 3. The number of ether oxygens (including phenoxy) is 1. The number of anilines is 2. The molecule has 2 aliphatic heterocycles. The average molecular weight is 502 g/mol. The van der Waals surface area contributed by atoms with Gasteiger partial charge < -0.3 is 4.74 Å². The van der Waals surface area contributed by atoms with E-state index in [1.54, 1.807) is 24.1 Å². The first kappa shape index (κ1) is 23.6. The van der Waals surface area contributed by atoms with Gasteiger partial charge in [0.25, 0.3) is 5.69 Å². The number of nitro benzene ring substituents is 1. The standard InChI is InChI=1S/C26H23N5O4S/c1-3-23-21-15-8-9-16-22(21)26(29(27-23)18-11-6-5-7-12-18)30(28-24(36-26)25(32)35-4-2)19-13-10-14-20(17-19)31(33)34/h5-17H,3-4H2,1-2H3/t26-/m1/s1. The summed E-state index contributed by atoms with van der Waals surface area (Å²) in [5.74, 6) is -0.564. The predicted octanol–water partition coefficient (Wildman–Crippen LogP) is 5.47. The van der Waals surface area contributed by atoms with Crippen LogP contribution in [-0.2, 0) is 14.5 Å². The maximum Gasteiger partial charge on any atom is 0.365 e. The van der Waals surface area contributed by atoms with Crippen LogP contribution in [-0.4, -0.2) is 28.3 Å². The molecule has 0 bridgehead atoms. The van der Waals surface area contributed by atoms with Crippen molar-refractivity contribution in [1.29, 1.82) is 0 Å².